The highest BCUT2D eigenvalue weighted by atomic mass is 79.9. The van der Waals surface area contributed by atoms with E-state index in [1.165, 1.54) is 11.9 Å². The Kier molecular flexibility index (Phi) is 3.05. The van der Waals surface area contributed by atoms with E-state index in [1.807, 2.05) is 31.2 Å². The van der Waals surface area contributed by atoms with Crippen LogP contribution < -0.4 is 11.1 Å². The van der Waals surface area contributed by atoms with Gasteiger partial charge < -0.3 is 11.1 Å². The Morgan fingerprint density at radius 2 is 2.12 bits per heavy atom. The van der Waals surface area contributed by atoms with Gasteiger partial charge in [-0.1, -0.05) is 12.1 Å². The summed E-state index contributed by atoms with van der Waals surface area (Å²) in [6.45, 7) is 2.04. The molecule has 4 nitrogen and oxygen atoms in total. The molecule has 3 N–H and O–H groups in total. The SMILES string of the molecule is Cc1cccc(Nc2ncnc(N)c2Br)c1. The molecule has 1 heterocycles. The fourth-order valence-electron chi connectivity index (χ4n) is 1.33. The van der Waals surface area contributed by atoms with Crippen molar-refractivity contribution in [3.63, 3.8) is 0 Å². The van der Waals surface area contributed by atoms with E-state index < -0.39 is 0 Å². The van der Waals surface area contributed by atoms with Crippen LogP contribution in [-0.2, 0) is 0 Å². The van der Waals surface area contributed by atoms with Crippen LogP contribution in [0.2, 0.25) is 0 Å². The number of nitrogens with zero attached hydrogens (tertiary/aromatic N) is 2. The van der Waals surface area contributed by atoms with Gasteiger partial charge in [-0.05, 0) is 40.5 Å². The Labute approximate surface area is 102 Å². The number of aryl methyl sites for hydroxylation is 1. The monoisotopic (exact) mass is 278 g/mol. The van der Waals surface area contributed by atoms with E-state index in [-0.39, 0.29) is 0 Å². The normalized spacial score (nSPS) is 10.1. The van der Waals surface area contributed by atoms with Gasteiger partial charge in [0.15, 0.2) is 0 Å². The maximum Gasteiger partial charge on any atom is 0.150 e. The Hall–Kier alpha value is -1.62. The average Bonchev–Trinajstić information content (AvgIpc) is 2.25. The molecule has 1 aromatic carbocycles. The molecule has 0 aliphatic heterocycles. The number of halogens is 1. The molecule has 0 aliphatic carbocycles. The molecule has 16 heavy (non-hydrogen) atoms. The minimum atomic E-state index is 0.421. The number of benzene rings is 1. The van der Waals surface area contributed by atoms with Gasteiger partial charge in [0, 0.05) is 5.69 Å². The number of rotatable bonds is 2. The molecule has 0 radical (unpaired) electrons. The lowest BCUT2D eigenvalue weighted by atomic mass is 10.2. The fourth-order valence-corrected chi connectivity index (χ4v) is 1.63. The van der Waals surface area contributed by atoms with Gasteiger partial charge in [-0.2, -0.15) is 0 Å². The second-order valence-electron chi connectivity index (χ2n) is 3.42. The molecular weight excluding hydrogens is 268 g/mol. The van der Waals surface area contributed by atoms with Crippen LogP contribution in [0.15, 0.2) is 35.1 Å². The third-order valence-electron chi connectivity index (χ3n) is 2.10. The minimum Gasteiger partial charge on any atom is -0.383 e. The summed E-state index contributed by atoms with van der Waals surface area (Å²) in [5, 5.41) is 3.18. The Balaban J connectivity index is 2.31. The summed E-state index contributed by atoms with van der Waals surface area (Å²) in [4.78, 5) is 7.99. The van der Waals surface area contributed by atoms with Crippen LogP contribution in [0.3, 0.4) is 0 Å². The summed E-state index contributed by atoms with van der Waals surface area (Å²) in [7, 11) is 0. The number of nitrogens with two attached hydrogens (primary N) is 1. The Morgan fingerprint density at radius 3 is 2.88 bits per heavy atom. The standard InChI is InChI=1S/C11H11BrN4/c1-7-3-2-4-8(5-7)16-11-9(12)10(13)14-6-15-11/h2-6H,1H3,(H3,13,14,15,16). The summed E-state index contributed by atoms with van der Waals surface area (Å²) in [6, 6.07) is 8.02. The molecule has 1 aromatic heterocycles. The third kappa shape index (κ3) is 2.30. The molecular formula is C11H11BrN4. The van der Waals surface area contributed by atoms with Crippen LogP contribution in [0.25, 0.3) is 0 Å². The zero-order chi connectivity index (χ0) is 11.5. The Bertz CT molecular complexity index is 513. The van der Waals surface area contributed by atoms with Crippen LogP contribution in [0.1, 0.15) is 5.56 Å². The lowest BCUT2D eigenvalue weighted by molar-refractivity contribution is 1.16. The van der Waals surface area contributed by atoms with Crippen LogP contribution in [0.5, 0.6) is 0 Å². The van der Waals surface area contributed by atoms with E-state index >= 15 is 0 Å². The molecule has 82 valence electrons. The van der Waals surface area contributed by atoms with Gasteiger partial charge in [0.2, 0.25) is 0 Å². The second kappa shape index (κ2) is 4.49. The molecule has 0 bridgehead atoms. The molecule has 0 atom stereocenters. The average molecular weight is 279 g/mol. The molecule has 0 amide bonds. The molecule has 0 saturated carbocycles. The highest BCUT2D eigenvalue weighted by Gasteiger charge is 2.05. The molecule has 0 unspecified atom stereocenters. The predicted octanol–water partition coefficient (Wildman–Crippen LogP) is 2.87. The number of nitrogen functional groups attached to an aromatic ring is 1. The van der Waals surface area contributed by atoms with Crippen molar-refractivity contribution in [2.45, 2.75) is 6.92 Å². The molecule has 0 fully saturated rings. The maximum atomic E-state index is 5.67. The number of hydrogen-bond acceptors (Lipinski definition) is 4. The Morgan fingerprint density at radius 1 is 1.31 bits per heavy atom. The van der Waals surface area contributed by atoms with Crippen molar-refractivity contribution < 1.29 is 0 Å². The van der Waals surface area contributed by atoms with Gasteiger partial charge in [0.25, 0.3) is 0 Å². The van der Waals surface area contributed by atoms with Crippen molar-refractivity contribution in [2.24, 2.45) is 0 Å². The van der Waals surface area contributed by atoms with Crippen LogP contribution in [0.4, 0.5) is 17.3 Å². The largest absolute Gasteiger partial charge is 0.383 e. The van der Waals surface area contributed by atoms with E-state index in [9.17, 15) is 0 Å². The molecule has 0 aliphatic rings. The van der Waals surface area contributed by atoms with Crippen molar-refractivity contribution >= 4 is 33.3 Å². The first-order valence-electron chi connectivity index (χ1n) is 4.76. The smallest absolute Gasteiger partial charge is 0.150 e. The lowest BCUT2D eigenvalue weighted by Gasteiger charge is -2.08. The zero-order valence-electron chi connectivity index (χ0n) is 8.74. The highest BCUT2D eigenvalue weighted by molar-refractivity contribution is 9.10. The first kappa shape index (κ1) is 10.9. The third-order valence-corrected chi connectivity index (χ3v) is 2.88. The summed E-state index contributed by atoms with van der Waals surface area (Å²) in [5.74, 6) is 1.09. The van der Waals surface area contributed by atoms with E-state index in [4.69, 9.17) is 5.73 Å². The topological polar surface area (TPSA) is 63.8 Å². The van der Waals surface area contributed by atoms with Gasteiger partial charge in [-0.3, -0.25) is 0 Å². The van der Waals surface area contributed by atoms with Gasteiger partial charge >= 0.3 is 0 Å². The van der Waals surface area contributed by atoms with Crippen molar-refractivity contribution in [2.75, 3.05) is 11.1 Å². The molecule has 2 rings (SSSR count). The van der Waals surface area contributed by atoms with Crippen LogP contribution >= 0.6 is 15.9 Å². The minimum absolute atomic E-state index is 0.421. The van der Waals surface area contributed by atoms with Crippen LogP contribution in [-0.4, -0.2) is 9.97 Å². The van der Waals surface area contributed by atoms with E-state index in [2.05, 4.69) is 31.2 Å². The van der Waals surface area contributed by atoms with Crippen LogP contribution in [0, 0.1) is 6.92 Å². The zero-order valence-corrected chi connectivity index (χ0v) is 10.3. The van der Waals surface area contributed by atoms with Crippen molar-refractivity contribution in [3.05, 3.63) is 40.6 Å². The van der Waals surface area contributed by atoms with Crippen molar-refractivity contribution in [3.8, 4) is 0 Å². The molecule has 5 heteroatoms. The number of hydrogen-bond donors (Lipinski definition) is 2. The molecule has 0 saturated heterocycles. The quantitative estimate of drug-likeness (QED) is 0.887. The van der Waals surface area contributed by atoms with E-state index in [1.54, 1.807) is 0 Å². The van der Waals surface area contributed by atoms with Crippen molar-refractivity contribution in [1.29, 1.82) is 0 Å². The molecule has 0 spiro atoms. The highest BCUT2D eigenvalue weighted by Crippen LogP contribution is 2.26. The molecule has 2 aromatic rings. The number of anilines is 3. The summed E-state index contributed by atoms with van der Waals surface area (Å²) >= 11 is 3.34. The van der Waals surface area contributed by atoms with Gasteiger partial charge in [-0.15, -0.1) is 0 Å². The van der Waals surface area contributed by atoms with E-state index in [0.29, 0.717) is 16.1 Å². The van der Waals surface area contributed by atoms with E-state index in [0.717, 1.165) is 5.69 Å². The lowest BCUT2D eigenvalue weighted by Crippen LogP contribution is -1.99. The fraction of sp³-hybridized carbons (Fsp3) is 0.0909. The summed E-state index contributed by atoms with van der Waals surface area (Å²) in [6.07, 6.45) is 1.43. The first-order valence-corrected chi connectivity index (χ1v) is 5.56. The summed E-state index contributed by atoms with van der Waals surface area (Å²) < 4.78 is 0.677. The number of nitrogens with one attached hydrogen (secondary N) is 1. The van der Waals surface area contributed by atoms with Gasteiger partial charge in [-0.25, -0.2) is 9.97 Å². The summed E-state index contributed by atoms with van der Waals surface area (Å²) in [5.41, 5.74) is 7.82. The van der Waals surface area contributed by atoms with Gasteiger partial charge in [0.05, 0.1) is 0 Å². The number of aromatic nitrogens is 2. The maximum absolute atomic E-state index is 5.67. The second-order valence-corrected chi connectivity index (χ2v) is 4.21. The van der Waals surface area contributed by atoms with Crippen molar-refractivity contribution in [1.82, 2.24) is 9.97 Å². The predicted molar refractivity (Wildman–Crippen MR) is 68.6 cm³/mol. The van der Waals surface area contributed by atoms with Gasteiger partial charge in [0.1, 0.15) is 22.4 Å². The first-order chi connectivity index (χ1) is 7.66.